The fourth-order valence-corrected chi connectivity index (χ4v) is 1.84. The van der Waals surface area contributed by atoms with Crippen molar-refractivity contribution in [1.82, 2.24) is 0 Å². The van der Waals surface area contributed by atoms with E-state index in [-0.39, 0.29) is 25.3 Å². The summed E-state index contributed by atoms with van der Waals surface area (Å²) < 4.78 is 4.99. The van der Waals surface area contributed by atoms with Crippen LogP contribution in [0.15, 0.2) is 24.3 Å². The Bertz CT molecular complexity index is 474. The lowest BCUT2D eigenvalue weighted by Crippen LogP contribution is -2.35. The van der Waals surface area contributed by atoms with E-state index < -0.39 is 16.3 Å². The van der Waals surface area contributed by atoms with Crippen LogP contribution in [0.1, 0.15) is 25.8 Å². The first-order valence-electron chi connectivity index (χ1n) is 5.98. The van der Waals surface area contributed by atoms with Gasteiger partial charge in [0.2, 0.25) is 0 Å². The number of non-ortho nitro benzene ring substituents is 1. The number of rotatable bonds is 6. The summed E-state index contributed by atoms with van der Waals surface area (Å²) in [5.41, 5.74) is -0.711. The Morgan fingerprint density at radius 3 is 2.74 bits per heavy atom. The van der Waals surface area contributed by atoms with Gasteiger partial charge in [-0.2, -0.15) is 0 Å². The average molecular weight is 267 g/mol. The molecule has 0 fully saturated rings. The first kappa shape index (κ1) is 15.1. The molecule has 1 unspecified atom stereocenters. The van der Waals surface area contributed by atoms with Crippen molar-refractivity contribution in [2.24, 2.45) is 0 Å². The number of carbonyl (C=O) groups is 1. The normalized spacial score (nSPS) is 13.6. The molecule has 1 aromatic rings. The highest BCUT2D eigenvalue weighted by atomic mass is 16.6. The van der Waals surface area contributed by atoms with E-state index in [0.717, 1.165) is 0 Å². The Kier molecular flexibility index (Phi) is 5.00. The quantitative estimate of drug-likeness (QED) is 0.482. The van der Waals surface area contributed by atoms with Gasteiger partial charge in [-0.05, 0) is 25.8 Å². The number of hydrogen-bond donors (Lipinski definition) is 1. The molecule has 1 atom stereocenters. The van der Waals surface area contributed by atoms with Gasteiger partial charge >= 0.3 is 5.97 Å². The molecule has 0 radical (unpaired) electrons. The van der Waals surface area contributed by atoms with Gasteiger partial charge in [-0.3, -0.25) is 14.9 Å². The minimum Gasteiger partial charge on any atom is -0.465 e. The summed E-state index contributed by atoms with van der Waals surface area (Å²) in [6.45, 7) is 3.30. The van der Waals surface area contributed by atoms with Crippen molar-refractivity contribution >= 4 is 11.7 Å². The van der Waals surface area contributed by atoms with Crippen LogP contribution in [0.2, 0.25) is 0 Å². The summed E-state index contributed by atoms with van der Waals surface area (Å²) in [5, 5.41) is 19.9. The van der Waals surface area contributed by atoms with E-state index in [1.165, 1.54) is 18.2 Å². The van der Waals surface area contributed by atoms with Crippen LogP contribution in [0.25, 0.3) is 0 Å². The third-order valence-corrected chi connectivity index (χ3v) is 3.03. The molecule has 19 heavy (non-hydrogen) atoms. The summed E-state index contributed by atoms with van der Waals surface area (Å²) in [6, 6.07) is 5.84. The number of aliphatic hydroxyl groups is 1. The van der Waals surface area contributed by atoms with E-state index in [1.807, 2.05) is 0 Å². The highest BCUT2D eigenvalue weighted by molar-refractivity contribution is 5.83. The molecule has 0 aliphatic rings. The van der Waals surface area contributed by atoms with Crippen molar-refractivity contribution in [1.29, 1.82) is 0 Å². The standard InChI is InChI=1S/C13H17NO5/c1-3-19-12(16)13(2,7-8-15)10-5-4-6-11(9-10)14(17)18/h4-6,9,15H,3,7-8H2,1-2H3. The minimum atomic E-state index is -1.09. The van der Waals surface area contributed by atoms with Crippen molar-refractivity contribution in [2.45, 2.75) is 25.7 Å². The van der Waals surface area contributed by atoms with Crippen molar-refractivity contribution in [3.05, 3.63) is 39.9 Å². The van der Waals surface area contributed by atoms with Gasteiger partial charge in [-0.25, -0.2) is 0 Å². The fraction of sp³-hybridized carbons (Fsp3) is 0.462. The lowest BCUT2D eigenvalue weighted by atomic mass is 9.79. The molecule has 0 heterocycles. The maximum absolute atomic E-state index is 12.0. The Hall–Kier alpha value is -1.95. The van der Waals surface area contributed by atoms with Crippen molar-refractivity contribution in [3.63, 3.8) is 0 Å². The molecule has 0 aromatic heterocycles. The second-order valence-electron chi connectivity index (χ2n) is 4.33. The van der Waals surface area contributed by atoms with Crippen LogP contribution in [-0.2, 0) is 14.9 Å². The molecule has 0 aliphatic heterocycles. The second kappa shape index (κ2) is 6.29. The minimum absolute atomic E-state index is 0.0917. The number of esters is 1. The Labute approximate surface area is 111 Å². The molecule has 1 N–H and O–H groups in total. The van der Waals surface area contributed by atoms with Crippen LogP contribution in [0.4, 0.5) is 5.69 Å². The van der Waals surface area contributed by atoms with E-state index in [9.17, 15) is 14.9 Å². The van der Waals surface area contributed by atoms with E-state index in [0.29, 0.717) is 5.56 Å². The topological polar surface area (TPSA) is 89.7 Å². The van der Waals surface area contributed by atoms with Crippen LogP contribution in [-0.4, -0.2) is 29.2 Å². The first-order chi connectivity index (χ1) is 8.95. The summed E-state index contributed by atoms with van der Waals surface area (Å²) in [7, 11) is 0. The third kappa shape index (κ3) is 3.29. The van der Waals surface area contributed by atoms with Gasteiger partial charge in [0, 0.05) is 18.7 Å². The maximum Gasteiger partial charge on any atom is 0.316 e. The number of aliphatic hydroxyl groups excluding tert-OH is 1. The number of hydrogen-bond acceptors (Lipinski definition) is 5. The van der Waals surface area contributed by atoms with Crippen LogP contribution in [0, 0.1) is 10.1 Å². The highest BCUT2D eigenvalue weighted by Gasteiger charge is 2.37. The number of nitro groups is 1. The molecule has 6 heteroatoms. The molecule has 0 amide bonds. The first-order valence-corrected chi connectivity index (χ1v) is 5.98. The SMILES string of the molecule is CCOC(=O)C(C)(CCO)c1cccc([N+](=O)[O-])c1. The van der Waals surface area contributed by atoms with Crippen LogP contribution in [0.5, 0.6) is 0 Å². The molecule has 6 nitrogen and oxygen atoms in total. The van der Waals surface area contributed by atoms with Gasteiger partial charge in [-0.15, -0.1) is 0 Å². The predicted molar refractivity (Wildman–Crippen MR) is 68.8 cm³/mol. The Morgan fingerprint density at radius 1 is 1.53 bits per heavy atom. The molecule has 0 saturated carbocycles. The predicted octanol–water partition coefficient (Wildman–Crippen LogP) is 1.80. The van der Waals surface area contributed by atoms with Crippen LogP contribution in [0.3, 0.4) is 0 Å². The number of benzene rings is 1. The zero-order valence-corrected chi connectivity index (χ0v) is 11.0. The summed E-state index contributed by atoms with van der Waals surface area (Å²) in [4.78, 5) is 22.3. The van der Waals surface area contributed by atoms with Gasteiger partial charge in [0.05, 0.1) is 16.9 Å². The molecule has 104 valence electrons. The molecule has 0 spiro atoms. The van der Waals surface area contributed by atoms with Gasteiger partial charge in [-0.1, -0.05) is 12.1 Å². The Morgan fingerprint density at radius 2 is 2.21 bits per heavy atom. The number of nitro benzene ring substituents is 1. The van der Waals surface area contributed by atoms with Crippen molar-refractivity contribution < 1.29 is 19.6 Å². The molecule has 0 aliphatic carbocycles. The molecule has 1 rings (SSSR count). The molecule has 0 bridgehead atoms. The summed E-state index contributed by atoms with van der Waals surface area (Å²) >= 11 is 0. The van der Waals surface area contributed by atoms with Gasteiger partial charge in [0.15, 0.2) is 0 Å². The Balaban J connectivity index is 3.21. The zero-order valence-electron chi connectivity index (χ0n) is 11.0. The van der Waals surface area contributed by atoms with E-state index in [1.54, 1.807) is 19.9 Å². The van der Waals surface area contributed by atoms with Gasteiger partial charge < -0.3 is 9.84 Å². The molecular formula is C13H17NO5. The largest absolute Gasteiger partial charge is 0.465 e. The third-order valence-electron chi connectivity index (χ3n) is 3.03. The maximum atomic E-state index is 12.0. The van der Waals surface area contributed by atoms with Crippen molar-refractivity contribution in [2.75, 3.05) is 13.2 Å². The lowest BCUT2D eigenvalue weighted by Gasteiger charge is -2.26. The number of nitrogens with zero attached hydrogens (tertiary/aromatic N) is 1. The monoisotopic (exact) mass is 267 g/mol. The van der Waals surface area contributed by atoms with Gasteiger partial charge in [0.25, 0.3) is 5.69 Å². The van der Waals surface area contributed by atoms with Gasteiger partial charge in [0.1, 0.15) is 0 Å². The van der Waals surface area contributed by atoms with Crippen LogP contribution < -0.4 is 0 Å². The second-order valence-corrected chi connectivity index (χ2v) is 4.33. The van der Waals surface area contributed by atoms with E-state index >= 15 is 0 Å². The van der Waals surface area contributed by atoms with E-state index in [2.05, 4.69) is 0 Å². The summed E-state index contributed by atoms with van der Waals surface area (Å²) in [6.07, 6.45) is 0.146. The van der Waals surface area contributed by atoms with Crippen molar-refractivity contribution in [3.8, 4) is 0 Å². The summed E-state index contributed by atoms with van der Waals surface area (Å²) in [5.74, 6) is -0.496. The smallest absolute Gasteiger partial charge is 0.316 e. The van der Waals surface area contributed by atoms with E-state index in [4.69, 9.17) is 9.84 Å². The highest BCUT2D eigenvalue weighted by Crippen LogP contribution is 2.31. The lowest BCUT2D eigenvalue weighted by molar-refractivity contribution is -0.385. The zero-order chi connectivity index (χ0) is 14.5. The molecule has 1 aromatic carbocycles. The number of carbonyl (C=O) groups excluding carboxylic acids is 1. The molecular weight excluding hydrogens is 250 g/mol. The number of ether oxygens (including phenoxy) is 1. The van der Waals surface area contributed by atoms with Crippen LogP contribution >= 0.6 is 0 Å². The average Bonchev–Trinajstić information content (AvgIpc) is 2.39. The molecule has 0 saturated heterocycles. The fourth-order valence-electron chi connectivity index (χ4n) is 1.84.